The van der Waals surface area contributed by atoms with E-state index in [1.807, 2.05) is 12.1 Å². The lowest BCUT2D eigenvalue weighted by molar-refractivity contribution is 0.0916. The Balaban J connectivity index is 1.31. The number of rotatable bonds is 6. The van der Waals surface area contributed by atoms with E-state index in [0.29, 0.717) is 29.5 Å². The van der Waals surface area contributed by atoms with E-state index >= 15 is 0 Å². The molecule has 1 saturated carbocycles. The second kappa shape index (κ2) is 7.82. The van der Waals surface area contributed by atoms with Gasteiger partial charge in [-0.3, -0.25) is 9.59 Å². The third-order valence-electron chi connectivity index (χ3n) is 5.19. The Bertz CT molecular complexity index is 838. The molecule has 2 aromatic carbocycles. The van der Waals surface area contributed by atoms with Crippen LogP contribution in [0.5, 0.6) is 11.5 Å². The summed E-state index contributed by atoms with van der Waals surface area (Å²) in [7, 11) is 0. The maximum Gasteiger partial charge on any atom is 0.251 e. The first-order chi connectivity index (χ1) is 13.2. The summed E-state index contributed by atoms with van der Waals surface area (Å²) in [5, 5.41) is 3.06. The Labute approximate surface area is 158 Å². The van der Waals surface area contributed by atoms with Gasteiger partial charge in [0, 0.05) is 23.6 Å². The number of carbonyl (C=O) groups is 2. The molecule has 2 aliphatic rings. The van der Waals surface area contributed by atoms with E-state index in [2.05, 4.69) is 5.32 Å². The highest BCUT2D eigenvalue weighted by Gasteiger charge is 2.18. The third-order valence-corrected chi connectivity index (χ3v) is 5.19. The van der Waals surface area contributed by atoms with Crippen LogP contribution >= 0.6 is 0 Å². The highest BCUT2D eigenvalue weighted by Crippen LogP contribution is 2.26. The fourth-order valence-electron chi connectivity index (χ4n) is 3.63. The Hall–Kier alpha value is -2.82. The molecule has 0 radical (unpaired) electrons. The maximum atomic E-state index is 12.4. The first-order valence-electron chi connectivity index (χ1n) is 9.52. The quantitative estimate of drug-likeness (QED) is 0.795. The van der Waals surface area contributed by atoms with Crippen LogP contribution in [0.1, 0.15) is 52.0 Å². The van der Waals surface area contributed by atoms with Gasteiger partial charge < -0.3 is 14.8 Å². The number of benzene rings is 2. The van der Waals surface area contributed by atoms with Gasteiger partial charge in [-0.1, -0.05) is 12.8 Å². The average molecular weight is 365 g/mol. The SMILES string of the molecule is O=C(COc1ccc(C(=O)NC2CCCC2)cc1)c1ccc2c(c1)CCO2. The molecule has 140 valence electrons. The van der Waals surface area contributed by atoms with E-state index in [-0.39, 0.29) is 18.3 Å². The van der Waals surface area contributed by atoms with Crippen LogP contribution in [0, 0.1) is 0 Å². The van der Waals surface area contributed by atoms with Crippen molar-refractivity contribution in [3.8, 4) is 11.5 Å². The number of nitrogens with one attached hydrogen (secondary N) is 1. The molecule has 0 spiro atoms. The number of Topliss-reactive ketones (excluding diaryl/α,β-unsaturated/α-hetero) is 1. The van der Waals surface area contributed by atoms with E-state index in [1.165, 1.54) is 12.8 Å². The topological polar surface area (TPSA) is 64.6 Å². The zero-order valence-corrected chi connectivity index (χ0v) is 15.2. The molecule has 1 aliphatic heterocycles. The molecule has 0 bridgehead atoms. The molecule has 4 rings (SSSR count). The van der Waals surface area contributed by atoms with Gasteiger partial charge in [0.15, 0.2) is 12.4 Å². The van der Waals surface area contributed by atoms with Crippen LogP contribution in [0.3, 0.4) is 0 Å². The highest BCUT2D eigenvalue weighted by atomic mass is 16.5. The minimum absolute atomic E-state index is 0.0345. The lowest BCUT2D eigenvalue weighted by Gasteiger charge is -2.12. The van der Waals surface area contributed by atoms with Crippen LogP contribution in [0.25, 0.3) is 0 Å². The summed E-state index contributed by atoms with van der Waals surface area (Å²) in [6, 6.07) is 12.7. The molecule has 1 heterocycles. The van der Waals surface area contributed by atoms with E-state index in [0.717, 1.165) is 30.6 Å². The Morgan fingerprint density at radius 1 is 1.04 bits per heavy atom. The van der Waals surface area contributed by atoms with Gasteiger partial charge in [0.2, 0.25) is 0 Å². The first kappa shape index (κ1) is 17.6. The van der Waals surface area contributed by atoms with Crippen LogP contribution in [-0.2, 0) is 6.42 Å². The number of carbonyl (C=O) groups excluding carboxylic acids is 2. The molecule has 1 aliphatic carbocycles. The van der Waals surface area contributed by atoms with Crippen molar-refractivity contribution in [2.24, 2.45) is 0 Å². The highest BCUT2D eigenvalue weighted by molar-refractivity contribution is 5.97. The fourth-order valence-corrected chi connectivity index (χ4v) is 3.63. The summed E-state index contributed by atoms with van der Waals surface area (Å²) in [5.41, 5.74) is 2.31. The number of fused-ring (bicyclic) bond motifs is 1. The summed E-state index contributed by atoms with van der Waals surface area (Å²) in [4.78, 5) is 24.6. The van der Waals surface area contributed by atoms with Crippen LogP contribution in [0.15, 0.2) is 42.5 Å². The minimum Gasteiger partial charge on any atom is -0.493 e. The summed E-state index contributed by atoms with van der Waals surface area (Å²) in [6.45, 7) is 0.636. The predicted octanol–water partition coefficient (Wildman–Crippen LogP) is 3.56. The van der Waals surface area contributed by atoms with Gasteiger partial charge in [-0.2, -0.15) is 0 Å². The van der Waals surface area contributed by atoms with E-state index in [9.17, 15) is 9.59 Å². The minimum atomic E-state index is -0.0762. The van der Waals surface area contributed by atoms with Crippen molar-refractivity contribution in [2.45, 2.75) is 38.1 Å². The number of hydrogen-bond acceptors (Lipinski definition) is 4. The molecule has 0 atom stereocenters. The Morgan fingerprint density at radius 3 is 2.56 bits per heavy atom. The van der Waals surface area contributed by atoms with Gasteiger partial charge >= 0.3 is 0 Å². The van der Waals surface area contributed by atoms with Crippen LogP contribution < -0.4 is 14.8 Å². The van der Waals surface area contributed by atoms with Gasteiger partial charge in [0.25, 0.3) is 5.91 Å². The summed E-state index contributed by atoms with van der Waals surface area (Å²) < 4.78 is 11.1. The largest absolute Gasteiger partial charge is 0.493 e. The number of ketones is 1. The van der Waals surface area contributed by atoms with E-state index in [1.54, 1.807) is 30.3 Å². The van der Waals surface area contributed by atoms with Gasteiger partial charge in [0.1, 0.15) is 11.5 Å². The number of ether oxygens (including phenoxy) is 2. The van der Waals surface area contributed by atoms with Gasteiger partial charge in [-0.25, -0.2) is 0 Å². The third kappa shape index (κ3) is 4.13. The van der Waals surface area contributed by atoms with Crippen molar-refractivity contribution < 1.29 is 19.1 Å². The predicted molar refractivity (Wildman–Crippen MR) is 102 cm³/mol. The molecular weight excluding hydrogens is 342 g/mol. The molecule has 5 nitrogen and oxygen atoms in total. The maximum absolute atomic E-state index is 12.4. The van der Waals surface area contributed by atoms with Crippen LogP contribution in [0.4, 0.5) is 0 Å². The average Bonchev–Trinajstić information content (AvgIpc) is 3.37. The standard InChI is InChI=1S/C22H23NO4/c24-20(16-7-10-21-17(13-16)11-12-26-21)14-27-19-8-5-15(6-9-19)22(25)23-18-3-1-2-4-18/h5-10,13,18H,1-4,11-12,14H2,(H,23,25). The summed E-state index contributed by atoms with van der Waals surface area (Å²) in [6.07, 6.45) is 5.32. The lowest BCUT2D eigenvalue weighted by Crippen LogP contribution is -2.32. The molecule has 1 amide bonds. The molecule has 27 heavy (non-hydrogen) atoms. The molecule has 2 aromatic rings. The van der Waals surface area contributed by atoms with Gasteiger partial charge in [0.05, 0.1) is 6.61 Å². The molecule has 0 unspecified atom stereocenters. The van der Waals surface area contributed by atoms with Crippen LogP contribution in [0.2, 0.25) is 0 Å². The van der Waals surface area contributed by atoms with Crippen molar-refractivity contribution in [2.75, 3.05) is 13.2 Å². The molecule has 0 saturated heterocycles. The monoisotopic (exact) mass is 365 g/mol. The fraction of sp³-hybridized carbons (Fsp3) is 0.364. The Morgan fingerprint density at radius 2 is 1.78 bits per heavy atom. The summed E-state index contributed by atoms with van der Waals surface area (Å²) >= 11 is 0. The molecule has 0 aromatic heterocycles. The summed E-state index contributed by atoms with van der Waals surface area (Å²) in [5.74, 6) is 1.31. The van der Waals surface area contributed by atoms with Crippen LogP contribution in [-0.4, -0.2) is 30.9 Å². The zero-order chi connectivity index (χ0) is 18.6. The Kier molecular flexibility index (Phi) is 5.10. The van der Waals surface area contributed by atoms with Crippen molar-refractivity contribution in [1.82, 2.24) is 5.32 Å². The first-order valence-corrected chi connectivity index (χ1v) is 9.52. The van der Waals surface area contributed by atoms with E-state index < -0.39 is 0 Å². The van der Waals surface area contributed by atoms with Gasteiger partial charge in [-0.05, 0) is 60.9 Å². The zero-order valence-electron chi connectivity index (χ0n) is 15.2. The van der Waals surface area contributed by atoms with Crippen molar-refractivity contribution in [3.05, 3.63) is 59.2 Å². The molecule has 1 N–H and O–H groups in total. The van der Waals surface area contributed by atoms with E-state index in [4.69, 9.17) is 9.47 Å². The smallest absolute Gasteiger partial charge is 0.251 e. The molecule has 1 fully saturated rings. The number of amides is 1. The van der Waals surface area contributed by atoms with Crippen molar-refractivity contribution >= 4 is 11.7 Å². The normalized spacial score (nSPS) is 15.9. The molecule has 5 heteroatoms. The molecular formula is C22H23NO4. The van der Waals surface area contributed by atoms with Gasteiger partial charge in [-0.15, -0.1) is 0 Å². The lowest BCUT2D eigenvalue weighted by atomic mass is 10.1. The second-order valence-corrected chi connectivity index (χ2v) is 7.11. The van der Waals surface area contributed by atoms with Crippen molar-refractivity contribution in [1.29, 1.82) is 0 Å². The second-order valence-electron chi connectivity index (χ2n) is 7.11. The number of hydrogen-bond donors (Lipinski definition) is 1. The van der Waals surface area contributed by atoms with Crippen molar-refractivity contribution in [3.63, 3.8) is 0 Å².